The molecule has 0 aliphatic carbocycles. The lowest BCUT2D eigenvalue weighted by atomic mass is 10.1. The van der Waals surface area contributed by atoms with Crippen LogP contribution in [0.1, 0.15) is 15.9 Å². The van der Waals surface area contributed by atoms with E-state index in [1.165, 1.54) is 33.5 Å². The molecule has 0 spiro atoms. The Hall–Kier alpha value is -3.03. The number of amides is 1. The van der Waals surface area contributed by atoms with Gasteiger partial charge in [0.1, 0.15) is 0 Å². The van der Waals surface area contributed by atoms with Gasteiger partial charge < -0.3 is 24.3 Å². The topological polar surface area (TPSA) is 66.0 Å². The Labute approximate surface area is 149 Å². The van der Waals surface area contributed by atoms with E-state index in [1.807, 2.05) is 0 Å². The number of ether oxygens (including phenoxy) is 4. The van der Waals surface area contributed by atoms with Crippen molar-refractivity contribution in [1.29, 1.82) is 0 Å². The van der Waals surface area contributed by atoms with Crippen molar-refractivity contribution >= 4 is 5.91 Å². The Kier molecular flexibility index (Phi) is 6.60. The minimum absolute atomic E-state index is 0.0718. The summed E-state index contributed by atoms with van der Waals surface area (Å²) in [6, 6.07) is 9.25. The van der Waals surface area contributed by atoms with Crippen LogP contribution in [-0.2, 0) is 6.54 Å². The summed E-state index contributed by atoms with van der Waals surface area (Å²) in [5, 5.41) is 2.74. The first-order chi connectivity index (χ1) is 12.5. The fourth-order valence-corrected chi connectivity index (χ4v) is 2.28. The largest absolute Gasteiger partial charge is 0.493 e. The van der Waals surface area contributed by atoms with Gasteiger partial charge in [-0.25, -0.2) is 0 Å². The maximum atomic E-state index is 12.3. The first-order valence-corrected chi connectivity index (χ1v) is 7.60. The van der Waals surface area contributed by atoms with Crippen LogP contribution in [0.4, 0.5) is 8.78 Å². The minimum Gasteiger partial charge on any atom is -0.493 e. The van der Waals surface area contributed by atoms with Crippen LogP contribution in [0.3, 0.4) is 0 Å². The fraction of sp³-hybridized carbons (Fsp3) is 0.278. The summed E-state index contributed by atoms with van der Waals surface area (Å²) >= 11 is 0. The molecule has 0 aromatic heterocycles. The predicted molar refractivity (Wildman–Crippen MR) is 90.3 cm³/mol. The Morgan fingerprint density at radius 2 is 1.54 bits per heavy atom. The van der Waals surface area contributed by atoms with Crippen molar-refractivity contribution in [3.8, 4) is 23.0 Å². The van der Waals surface area contributed by atoms with E-state index in [4.69, 9.17) is 14.2 Å². The smallest absolute Gasteiger partial charge is 0.387 e. The van der Waals surface area contributed by atoms with Gasteiger partial charge >= 0.3 is 6.61 Å². The van der Waals surface area contributed by atoms with Crippen molar-refractivity contribution in [3.05, 3.63) is 47.5 Å². The van der Waals surface area contributed by atoms with Crippen LogP contribution in [-0.4, -0.2) is 33.8 Å². The number of hydrogen-bond acceptors (Lipinski definition) is 5. The molecule has 0 aliphatic heterocycles. The first-order valence-electron chi connectivity index (χ1n) is 7.60. The van der Waals surface area contributed by atoms with E-state index in [2.05, 4.69) is 10.1 Å². The molecule has 2 aromatic rings. The zero-order valence-electron chi connectivity index (χ0n) is 14.5. The lowest BCUT2D eigenvalue weighted by Gasteiger charge is -2.12. The van der Waals surface area contributed by atoms with Crippen molar-refractivity contribution < 1.29 is 32.5 Å². The second kappa shape index (κ2) is 8.89. The molecule has 2 aromatic carbocycles. The molecular weight excluding hydrogens is 348 g/mol. The average Bonchev–Trinajstić information content (AvgIpc) is 2.65. The lowest BCUT2D eigenvalue weighted by molar-refractivity contribution is -0.0512. The van der Waals surface area contributed by atoms with Gasteiger partial charge in [0.2, 0.25) is 0 Å². The van der Waals surface area contributed by atoms with Crippen molar-refractivity contribution in [1.82, 2.24) is 5.32 Å². The highest BCUT2D eigenvalue weighted by atomic mass is 19.3. The van der Waals surface area contributed by atoms with Crippen LogP contribution < -0.4 is 24.3 Å². The van der Waals surface area contributed by atoms with Gasteiger partial charge in [-0.15, -0.1) is 0 Å². The van der Waals surface area contributed by atoms with Gasteiger partial charge in [0.15, 0.2) is 23.0 Å². The summed E-state index contributed by atoms with van der Waals surface area (Å²) in [6.07, 6.45) is 0. The van der Waals surface area contributed by atoms with Gasteiger partial charge in [-0.1, -0.05) is 6.07 Å². The molecule has 1 N–H and O–H groups in total. The summed E-state index contributed by atoms with van der Waals surface area (Å²) < 4.78 is 44.4. The first kappa shape index (κ1) is 19.3. The summed E-state index contributed by atoms with van der Waals surface area (Å²) in [5.41, 5.74) is 1.06. The number of benzene rings is 2. The highest BCUT2D eigenvalue weighted by Crippen LogP contribution is 2.30. The number of hydrogen-bond donors (Lipinski definition) is 1. The molecule has 8 heteroatoms. The molecule has 140 valence electrons. The van der Waals surface area contributed by atoms with Gasteiger partial charge in [-0.05, 0) is 35.9 Å². The van der Waals surface area contributed by atoms with E-state index >= 15 is 0 Å². The van der Waals surface area contributed by atoms with Gasteiger partial charge in [-0.2, -0.15) is 8.78 Å². The molecule has 0 aliphatic rings. The molecular formula is C18H19F2NO5. The quantitative estimate of drug-likeness (QED) is 0.776. The number of methoxy groups -OCH3 is 3. The van der Waals surface area contributed by atoms with E-state index in [0.29, 0.717) is 22.6 Å². The third-order valence-electron chi connectivity index (χ3n) is 3.54. The van der Waals surface area contributed by atoms with Crippen LogP contribution in [0.15, 0.2) is 36.4 Å². The maximum absolute atomic E-state index is 12.3. The Morgan fingerprint density at radius 1 is 0.923 bits per heavy atom. The SMILES string of the molecule is COc1ccc(C(=O)NCc2ccc(OC(F)F)c(OC)c2)cc1OC. The molecule has 6 nitrogen and oxygen atoms in total. The van der Waals surface area contributed by atoms with Crippen molar-refractivity contribution in [3.63, 3.8) is 0 Å². The molecule has 0 radical (unpaired) electrons. The van der Waals surface area contributed by atoms with Gasteiger partial charge in [0, 0.05) is 12.1 Å². The number of rotatable bonds is 8. The molecule has 1 amide bonds. The van der Waals surface area contributed by atoms with Crippen molar-refractivity contribution in [2.24, 2.45) is 0 Å². The number of carbonyl (C=O) groups is 1. The Bertz CT molecular complexity index is 767. The lowest BCUT2D eigenvalue weighted by Crippen LogP contribution is -2.22. The van der Waals surface area contributed by atoms with Crippen molar-refractivity contribution in [2.45, 2.75) is 13.2 Å². The van der Waals surface area contributed by atoms with E-state index in [9.17, 15) is 13.6 Å². The van der Waals surface area contributed by atoms with E-state index in [-0.39, 0.29) is 24.0 Å². The third-order valence-corrected chi connectivity index (χ3v) is 3.54. The van der Waals surface area contributed by atoms with Crippen LogP contribution in [0, 0.1) is 0 Å². The van der Waals surface area contributed by atoms with E-state index < -0.39 is 6.61 Å². The number of nitrogens with one attached hydrogen (secondary N) is 1. The van der Waals surface area contributed by atoms with Crippen LogP contribution in [0.25, 0.3) is 0 Å². The zero-order valence-corrected chi connectivity index (χ0v) is 14.5. The third kappa shape index (κ3) is 4.75. The highest BCUT2D eigenvalue weighted by molar-refractivity contribution is 5.94. The zero-order chi connectivity index (χ0) is 19.1. The second-order valence-electron chi connectivity index (χ2n) is 5.12. The standard InChI is InChI=1S/C18H19F2NO5/c1-23-13-7-5-12(9-16(13)25-3)17(22)21-10-11-4-6-14(26-18(19)20)15(8-11)24-2/h4-9,18H,10H2,1-3H3,(H,21,22). The molecule has 26 heavy (non-hydrogen) atoms. The highest BCUT2D eigenvalue weighted by Gasteiger charge is 2.13. The normalized spacial score (nSPS) is 10.4. The Morgan fingerprint density at radius 3 is 2.15 bits per heavy atom. The molecule has 0 unspecified atom stereocenters. The second-order valence-corrected chi connectivity index (χ2v) is 5.12. The van der Waals surface area contributed by atoms with Gasteiger partial charge in [-0.3, -0.25) is 4.79 Å². The van der Waals surface area contributed by atoms with Crippen molar-refractivity contribution in [2.75, 3.05) is 21.3 Å². The summed E-state index contributed by atoms with van der Waals surface area (Å²) in [7, 11) is 4.33. The minimum atomic E-state index is -2.94. The fourth-order valence-electron chi connectivity index (χ4n) is 2.28. The average molecular weight is 367 g/mol. The molecule has 0 fully saturated rings. The molecule has 0 atom stereocenters. The number of halogens is 2. The number of carbonyl (C=O) groups excluding carboxylic acids is 1. The molecule has 2 rings (SSSR count). The molecule has 0 heterocycles. The summed E-state index contributed by atoms with van der Waals surface area (Å²) in [6.45, 7) is -2.77. The van der Waals surface area contributed by atoms with Crippen LogP contribution in [0.2, 0.25) is 0 Å². The van der Waals surface area contributed by atoms with Gasteiger partial charge in [0.25, 0.3) is 5.91 Å². The molecule has 0 saturated heterocycles. The number of alkyl halides is 2. The Balaban J connectivity index is 2.07. The van der Waals surface area contributed by atoms with Gasteiger partial charge in [0.05, 0.1) is 21.3 Å². The molecule has 0 bridgehead atoms. The summed E-state index contributed by atoms with van der Waals surface area (Å²) in [4.78, 5) is 12.3. The van der Waals surface area contributed by atoms with Crippen LogP contribution in [0.5, 0.6) is 23.0 Å². The van der Waals surface area contributed by atoms with E-state index in [0.717, 1.165) is 0 Å². The van der Waals surface area contributed by atoms with Crippen LogP contribution >= 0.6 is 0 Å². The molecule has 0 saturated carbocycles. The summed E-state index contributed by atoms with van der Waals surface area (Å²) in [5.74, 6) is 0.720. The maximum Gasteiger partial charge on any atom is 0.387 e. The predicted octanol–water partition coefficient (Wildman–Crippen LogP) is 3.24. The van der Waals surface area contributed by atoms with E-state index in [1.54, 1.807) is 24.3 Å². The monoisotopic (exact) mass is 367 g/mol.